The average molecular weight is 302 g/mol. The van der Waals surface area contributed by atoms with Gasteiger partial charge in [0.2, 0.25) is 5.91 Å². The Hall–Kier alpha value is -1.26. The van der Waals surface area contributed by atoms with Gasteiger partial charge in [0.05, 0.1) is 15.7 Å². The maximum absolute atomic E-state index is 12.0. The van der Waals surface area contributed by atoms with Gasteiger partial charge in [-0.25, -0.2) is 4.79 Å². The number of rotatable bonds is 4. The van der Waals surface area contributed by atoms with Gasteiger partial charge in [-0.2, -0.15) is 0 Å². The number of halogens is 2. The molecule has 1 aliphatic carbocycles. The molecule has 1 aliphatic rings. The van der Waals surface area contributed by atoms with Crippen molar-refractivity contribution < 1.29 is 14.7 Å². The van der Waals surface area contributed by atoms with Gasteiger partial charge in [0.1, 0.15) is 5.56 Å². The van der Waals surface area contributed by atoms with Gasteiger partial charge in [-0.3, -0.25) is 4.79 Å². The molecule has 1 aromatic rings. The van der Waals surface area contributed by atoms with Crippen molar-refractivity contribution in [3.8, 4) is 0 Å². The summed E-state index contributed by atoms with van der Waals surface area (Å²) in [6.07, 6.45) is 2.06. The number of anilines is 1. The zero-order valence-corrected chi connectivity index (χ0v) is 11.8. The second-order valence-electron chi connectivity index (χ2n) is 4.70. The summed E-state index contributed by atoms with van der Waals surface area (Å²) in [6, 6.07) is 2.86. The first-order valence-corrected chi connectivity index (χ1v) is 6.69. The maximum atomic E-state index is 12.0. The molecular weight excluding hydrogens is 289 g/mol. The predicted molar refractivity (Wildman–Crippen MR) is 73.9 cm³/mol. The lowest BCUT2D eigenvalue weighted by atomic mass is 10.1. The van der Waals surface area contributed by atoms with Crippen LogP contribution in [0.2, 0.25) is 10.0 Å². The number of carbonyl (C=O) groups excluding carboxylic acids is 1. The summed E-state index contributed by atoms with van der Waals surface area (Å²) in [7, 11) is 0. The lowest BCUT2D eigenvalue weighted by Gasteiger charge is -2.15. The van der Waals surface area contributed by atoms with Gasteiger partial charge in [-0.15, -0.1) is 0 Å². The molecule has 1 amide bonds. The first-order valence-electron chi connectivity index (χ1n) is 5.94. The van der Waals surface area contributed by atoms with Crippen molar-refractivity contribution in [3.63, 3.8) is 0 Å². The average Bonchev–Trinajstić information content (AvgIpc) is 3.16. The molecule has 6 heteroatoms. The number of amides is 1. The Balaban J connectivity index is 2.30. The van der Waals surface area contributed by atoms with Crippen molar-refractivity contribution in [1.82, 2.24) is 0 Å². The van der Waals surface area contributed by atoms with Crippen LogP contribution in [0.4, 0.5) is 5.69 Å². The van der Waals surface area contributed by atoms with Gasteiger partial charge in [-0.05, 0) is 30.9 Å². The number of hydrogen-bond donors (Lipinski definition) is 2. The molecule has 102 valence electrons. The van der Waals surface area contributed by atoms with E-state index < -0.39 is 5.97 Å². The minimum Gasteiger partial charge on any atom is -0.478 e. The number of carboxylic acid groups (broad SMARTS) is 1. The monoisotopic (exact) mass is 301 g/mol. The van der Waals surface area contributed by atoms with Gasteiger partial charge in [-0.1, -0.05) is 30.1 Å². The minimum absolute atomic E-state index is 0.0475. The van der Waals surface area contributed by atoms with Crippen LogP contribution in [0.1, 0.15) is 30.1 Å². The SMILES string of the molecule is CC(C(=O)Nc1c(Cl)ccc(Cl)c1C(=O)O)C1CC1. The highest BCUT2D eigenvalue weighted by atomic mass is 35.5. The fourth-order valence-corrected chi connectivity index (χ4v) is 2.37. The summed E-state index contributed by atoms with van der Waals surface area (Å²) in [6.45, 7) is 1.83. The third kappa shape index (κ3) is 3.01. The topological polar surface area (TPSA) is 66.4 Å². The Bertz CT molecular complexity index is 541. The highest BCUT2D eigenvalue weighted by Crippen LogP contribution is 2.38. The van der Waals surface area contributed by atoms with Crippen LogP contribution < -0.4 is 5.32 Å². The fourth-order valence-electron chi connectivity index (χ4n) is 1.93. The van der Waals surface area contributed by atoms with E-state index in [9.17, 15) is 9.59 Å². The normalized spacial score (nSPS) is 15.9. The van der Waals surface area contributed by atoms with Gasteiger partial charge in [0.15, 0.2) is 0 Å². The molecule has 1 saturated carbocycles. The van der Waals surface area contributed by atoms with Crippen molar-refractivity contribution in [2.24, 2.45) is 11.8 Å². The van der Waals surface area contributed by atoms with Crippen LogP contribution in [0, 0.1) is 11.8 Å². The number of aromatic carboxylic acids is 1. The van der Waals surface area contributed by atoms with Crippen LogP contribution in [-0.2, 0) is 4.79 Å². The van der Waals surface area contributed by atoms with Crippen molar-refractivity contribution in [2.45, 2.75) is 19.8 Å². The summed E-state index contributed by atoms with van der Waals surface area (Å²) in [5.74, 6) is -1.22. The van der Waals surface area contributed by atoms with E-state index in [1.165, 1.54) is 12.1 Å². The molecule has 2 rings (SSSR count). The summed E-state index contributed by atoms with van der Waals surface area (Å²) in [5, 5.41) is 11.9. The van der Waals surface area contributed by atoms with E-state index in [-0.39, 0.29) is 33.1 Å². The van der Waals surface area contributed by atoms with Gasteiger partial charge >= 0.3 is 5.97 Å². The predicted octanol–water partition coefficient (Wildman–Crippen LogP) is 3.68. The van der Waals surface area contributed by atoms with Crippen molar-refractivity contribution >= 4 is 40.8 Å². The third-order valence-electron chi connectivity index (χ3n) is 3.31. The largest absolute Gasteiger partial charge is 0.478 e. The summed E-state index contributed by atoms with van der Waals surface area (Å²) in [5.41, 5.74) is -0.107. The molecular formula is C13H13Cl2NO3. The molecule has 4 nitrogen and oxygen atoms in total. The zero-order valence-electron chi connectivity index (χ0n) is 10.2. The number of hydrogen-bond acceptors (Lipinski definition) is 2. The quantitative estimate of drug-likeness (QED) is 0.891. The smallest absolute Gasteiger partial charge is 0.339 e. The number of carbonyl (C=O) groups is 2. The molecule has 19 heavy (non-hydrogen) atoms. The van der Waals surface area contributed by atoms with Gasteiger partial charge in [0.25, 0.3) is 0 Å². The molecule has 0 spiro atoms. The summed E-state index contributed by atoms with van der Waals surface area (Å²) in [4.78, 5) is 23.2. The number of carboxylic acids is 1. The van der Waals surface area contributed by atoms with Gasteiger partial charge < -0.3 is 10.4 Å². The molecule has 1 aromatic carbocycles. The van der Waals surface area contributed by atoms with Crippen LogP contribution in [-0.4, -0.2) is 17.0 Å². The maximum Gasteiger partial charge on any atom is 0.339 e. The van der Waals surface area contributed by atoms with Crippen LogP contribution in [0.5, 0.6) is 0 Å². The Kier molecular flexibility index (Phi) is 4.02. The van der Waals surface area contributed by atoms with Crippen LogP contribution in [0.25, 0.3) is 0 Å². The van der Waals surface area contributed by atoms with Crippen LogP contribution >= 0.6 is 23.2 Å². The van der Waals surface area contributed by atoms with E-state index in [0.717, 1.165) is 12.8 Å². The molecule has 0 aromatic heterocycles. The number of benzene rings is 1. The van der Waals surface area contributed by atoms with E-state index in [1.807, 2.05) is 6.92 Å². The Morgan fingerprint density at radius 3 is 2.42 bits per heavy atom. The standard InChI is InChI=1S/C13H13Cl2NO3/c1-6(7-2-3-7)12(17)16-11-9(15)5-4-8(14)10(11)13(18)19/h4-7H,2-3H2,1H3,(H,16,17)(H,18,19). The first-order chi connectivity index (χ1) is 8.91. The summed E-state index contributed by atoms with van der Waals surface area (Å²) < 4.78 is 0. The Morgan fingerprint density at radius 1 is 1.32 bits per heavy atom. The molecule has 0 heterocycles. The molecule has 0 saturated heterocycles. The second-order valence-corrected chi connectivity index (χ2v) is 5.51. The summed E-state index contributed by atoms with van der Waals surface area (Å²) >= 11 is 11.8. The fraction of sp³-hybridized carbons (Fsp3) is 0.385. The zero-order chi connectivity index (χ0) is 14.2. The van der Waals surface area contributed by atoms with E-state index in [1.54, 1.807) is 0 Å². The van der Waals surface area contributed by atoms with E-state index in [0.29, 0.717) is 5.92 Å². The van der Waals surface area contributed by atoms with E-state index >= 15 is 0 Å². The first kappa shape index (κ1) is 14.2. The van der Waals surface area contributed by atoms with E-state index in [2.05, 4.69) is 5.32 Å². The molecule has 2 N–H and O–H groups in total. The highest BCUT2D eigenvalue weighted by Gasteiger charge is 2.33. The molecule has 1 fully saturated rings. The molecule has 1 unspecified atom stereocenters. The molecule has 1 atom stereocenters. The highest BCUT2D eigenvalue weighted by molar-refractivity contribution is 6.38. The Morgan fingerprint density at radius 2 is 1.89 bits per heavy atom. The van der Waals surface area contributed by atoms with Crippen molar-refractivity contribution in [3.05, 3.63) is 27.7 Å². The van der Waals surface area contributed by atoms with Crippen LogP contribution in [0.3, 0.4) is 0 Å². The number of nitrogens with one attached hydrogen (secondary N) is 1. The molecule has 0 bridgehead atoms. The molecule has 0 radical (unpaired) electrons. The lowest BCUT2D eigenvalue weighted by molar-refractivity contribution is -0.119. The lowest BCUT2D eigenvalue weighted by Crippen LogP contribution is -2.23. The van der Waals surface area contributed by atoms with Crippen molar-refractivity contribution in [1.29, 1.82) is 0 Å². The molecule has 0 aliphatic heterocycles. The minimum atomic E-state index is -1.22. The Labute approximate surface area is 120 Å². The van der Waals surface area contributed by atoms with E-state index in [4.69, 9.17) is 28.3 Å². The van der Waals surface area contributed by atoms with Crippen molar-refractivity contribution in [2.75, 3.05) is 5.32 Å². The third-order valence-corrected chi connectivity index (χ3v) is 3.94. The van der Waals surface area contributed by atoms with Gasteiger partial charge in [0, 0.05) is 5.92 Å². The second kappa shape index (κ2) is 5.39. The van der Waals surface area contributed by atoms with Crippen LogP contribution in [0.15, 0.2) is 12.1 Å².